The van der Waals surface area contributed by atoms with Gasteiger partial charge in [-0.05, 0) is 30.1 Å². The van der Waals surface area contributed by atoms with Crippen LogP contribution in [0.1, 0.15) is 32.6 Å². The van der Waals surface area contributed by atoms with E-state index in [-0.39, 0.29) is 6.29 Å². The van der Waals surface area contributed by atoms with E-state index in [4.69, 9.17) is 9.47 Å². The van der Waals surface area contributed by atoms with Crippen molar-refractivity contribution in [2.45, 2.75) is 38.9 Å². The van der Waals surface area contributed by atoms with Crippen LogP contribution >= 0.6 is 11.5 Å². The molecule has 0 radical (unpaired) electrons. The van der Waals surface area contributed by atoms with E-state index < -0.39 is 0 Å². The summed E-state index contributed by atoms with van der Waals surface area (Å²) in [5, 5.41) is 3.88. The van der Waals surface area contributed by atoms with Gasteiger partial charge in [-0.15, -0.1) is 5.10 Å². The van der Waals surface area contributed by atoms with Crippen LogP contribution in [0.2, 0.25) is 0 Å². The fourth-order valence-electron chi connectivity index (χ4n) is 1.99. The second-order valence-electron chi connectivity index (χ2n) is 4.56. The molecule has 1 unspecified atom stereocenters. The summed E-state index contributed by atoms with van der Waals surface area (Å²) in [5.41, 5.74) is 1.01. The van der Waals surface area contributed by atoms with E-state index in [0.717, 1.165) is 29.0 Å². The Morgan fingerprint density at radius 2 is 2.10 bits per heavy atom. The summed E-state index contributed by atoms with van der Waals surface area (Å²) >= 11 is 1.36. The predicted molar refractivity (Wildman–Crippen MR) is 80.9 cm³/mol. The van der Waals surface area contributed by atoms with Gasteiger partial charge in [-0.1, -0.05) is 36.4 Å². The molecule has 0 N–H and O–H groups in total. The van der Waals surface area contributed by atoms with Crippen LogP contribution in [0, 0.1) is 0 Å². The minimum absolute atomic E-state index is 0.205. The highest BCUT2D eigenvalue weighted by molar-refractivity contribution is 7.09. The Balaban J connectivity index is 2.08. The molecule has 2 rings (SSSR count). The van der Waals surface area contributed by atoms with Crippen LogP contribution in [0.3, 0.4) is 0 Å². The molecule has 20 heavy (non-hydrogen) atoms. The fourth-order valence-corrected chi connectivity index (χ4v) is 2.53. The van der Waals surface area contributed by atoms with Crippen molar-refractivity contribution >= 4 is 11.5 Å². The molecule has 0 spiro atoms. The third kappa shape index (κ3) is 4.02. The number of aromatic nitrogens is 2. The fraction of sp³-hybridized carbons (Fsp3) is 0.467. The predicted octanol–water partition coefficient (Wildman–Crippen LogP) is 4.14. The second-order valence-corrected chi connectivity index (χ2v) is 5.34. The van der Waals surface area contributed by atoms with Gasteiger partial charge >= 0.3 is 0 Å². The van der Waals surface area contributed by atoms with Crippen molar-refractivity contribution in [3.63, 3.8) is 0 Å². The molecule has 5 heteroatoms. The molecule has 1 aromatic heterocycles. The zero-order chi connectivity index (χ0) is 14.2. The first kappa shape index (κ1) is 14.9. The summed E-state index contributed by atoms with van der Waals surface area (Å²) in [5.74, 6) is 0.821. The summed E-state index contributed by atoms with van der Waals surface area (Å²) < 4.78 is 15.3. The molecule has 0 saturated heterocycles. The van der Waals surface area contributed by atoms with Crippen LogP contribution in [-0.4, -0.2) is 23.0 Å². The molecule has 2 aromatic rings. The maximum Gasteiger partial charge on any atom is 0.199 e. The lowest BCUT2D eigenvalue weighted by Gasteiger charge is -2.19. The Labute approximate surface area is 123 Å². The Bertz CT molecular complexity index is 502. The molecule has 4 nitrogen and oxygen atoms in total. The zero-order valence-corrected chi connectivity index (χ0v) is 12.7. The van der Waals surface area contributed by atoms with Crippen LogP contribution in [0.25, 0.3) is 10.4 Å². The van der Waals surface area contributed by atoms with E-state index in [0.29, 0.717) is 0 Å². The first-order valence-electron chi connectivity index (χ1n) is 6.91. The maximum atomic E-state index is 5.99. The van der Waals surface area contributed by atoms with Gasteiger partial charge in [0.2, 0.25) is 0 Å². The average molecular weight is 292 g/mol. The maximum absolute atomic E-state index is 5.99. The normalized spacial score (nSPS) is 12.3. The van der Waals surface area contributed by atoms with Gasteiger partial charge in [0.05, 0.1) is 11.1 Å². The number of methoxy groups -OCH3 is 1. The lowest BCUT2D eigenvalue weighted by atomic mass is 10.1. The van der Waals surface area contributed by atoms with Crippen molar-refractivity contribution < 1.29 is 9.47 Å². The Morgan fingerprint density at radius 3 is 2.80 bits per heavy atom. The molecule has 0 aliphatic carbocycles. The van der Waals surface area contributed by atoms with Crippen LogP contribution in [0.5, 0.6) is 5.75 Å². The summed E-state index contributed by atoms with van der Waals surface area (Å²) in [4.78, 5) is 1.00. The SMILES string of the molecule is CCCCCC(OC)Oc1ccccc1-c1cnns1. The molecular formula is C15H20N2O2S. The third-order valence-corrected chi connectivity index (χ3v) is 3.78. The number of ether oxygens (including phenoxy) is 2. The Hall–Kier alpha value is -1.46. The molecule has 0 saturated carbocycles. The molecule has 0 amide bonds. The smallest absolute Gasteiger partial charge is 0.199 e. The van der Waals surface area contributed by atoms with Crippen LogP contribution in [-0.2, 0) is 4.74 Å². The van der Waals surface area contributed by atoms with Gasteiger partial charge in [-0.2, -0.15) is 0 Å². The Morgan fingerprint density at radius 1 is 1.25 bits per heavy atom. The van der Waals surface area contributed by atoms with Crippen molar-refractivity contribution in [1.82, 2.24) is 9.59 Å². The highest BCUT2D eigenvalue weighted by Gasteiger charge is 2.13. The van der Waals surface area contributed by atoms with E-state index in [9.17, 15) is 0 Å². The lowest BCUT2D eigenvalue weighted by molar-refractivity contribution is -0.0590. The van der Waals surface area contributed by atoms with Gasteiger partial charge in [0.15, 0.2) is 6.29 Å². The van der Waals surface area contributed by atoms with E-state index in [2.05, 4.69) is 16.5 Å². The van der Waals surface area contributed by atoms with Gasteiger partial charge in [0.25, 0.3) is 0 Å². The first-order chi connectivity index (χ1) is 9.85. The molecule has 0 fully saturated rings. The summed E-state index contributed by atoms with van der Waals surface area (Å²) in [7, 11) is 1.69. The highest BCUT2D eigenvalue weighted by Crippen LogP contribution is 2.32. The van der Waals surface area contributed by atoms with Gasteiger partial charge in [-0.25, -0.2) is 0 Å². The molecule has 108 valence electrons. The van der Waals surface area contributed by atoms with Gasteiger partial charge in [-0.3, -0.25) is 0 Å². The van der Waals surface area contributed by atoms with E-state index in [1.807, 2.05) is 24.3 Å². The molecule has 0 aliphatic heterocycles. The number of nitrogens with zero attached hydrogens (tertiary/aromatic N) is 2. The minimum atomic E-state index is -0.205. The lowest BCUT2D eigenvalue weighted by Crippen LogP contribution is -2.19. The zero-order valence-electron chi connectivity index (χ0n) is 11.9. The molecule has 0 aliphatic rings. The average Bonchev–Trinajstić information content (AvgIpc) is 3.01. The summed E-state index contributed by atoms with van der Waals surface area (Å²) in [6, 6.07) is 7.93. The largest absolute Gasteiger partial charge is 0.464 e. The van der Waals surface area contributed by atoms with Crippen LogP contribution < -0.4 is 4.74 Å². The highest BCUT2D eigenvalue weighted by atomic mass is 32.1. The number of rotatable bonds is 8. The van der Waals surface area contributed by atoms with Crippen molar-refractivity contribution in [2.75, 3.05) is 7.11 Å². The summed E-state index contributed by atoms with van der Waals surface area (Å²) in [6.07, 6.45) is 5.96. The van der Waals surface area contributed by atoms with Crippen LogP contribution in [0.15, 0.2) is 30.5 Å². The molecular weight excluding hydrogens is 272 g/mol. The van der Waals surface area contributed by atoms with Crippen molar-refractivity contribution in [1.29, 1.82) is 0 Å². The third-order valence-electron chi connectivity index (χ3n) is 3.08. The minimum Gasteiger partial charge on any atom is -0.464 e. The number of hydrogen-bond donors (Lipinski definition) is 0. The number of para-hydroxylation sites is 1. The van der Waals surface area contributed by atoms with E-state index in [1.54, 1.807) is 13.3 Å². The molecule has 0 bridgehead atoms. The molecule has 1 atom stereocenters. The van der Waals surface area contributed by atoms with Gasteiger partial charge < -0.3 is 9.47 Å². The number of hydrogen-bond acceptors (Lipinski definition) is 5. The van der Waals surface area contributed by atoms with E-state index >= 15 is 0 Å². The number of benzene rings is 1. The van der Waals surface area contributed by atoms with Gasteiger partial charge in [0, 0.05) is 19.1 Å². The van der Waals surface area contributed by atoms with Crippen molar-refractivity contribution in [3.8, 4) is 16.2 Å². The molecule has 1 aromatic carbocycles. The quantitative estimate of drug-likeness (QED) is 0.542. The topological polar surface area (TPSA) is 44.2 Å². The second kappa shape index (κ2) is 7.97. The van der Waals surface area contributed by atoms with Crippen LogP contribution in [0.4, 0.5) is 0 Å². The Kier molecular flexibility index (Phi) is 5.95. The first-order valence-corrected chi connectivity index (χ1v) is 7.68. The standard InChI is InChI=1S/C15H20N2O2S/c1-3-4-5-10-15(18-2)19-13-9-7-6-8-12(13)14-11-16-17-20-14/h6-9,11,15H,3-5,10H2,1-2H3. The van der Waals surface area contributed by atoms with Crippen molar-refractivity contribution in [2.24, 2.45) is 0 Å². The van der Waals surface area contributed by atoms with E-state index in [1.165, 1.54) is 24.4 Å². The van der Waals surface area contributed by atoms with Crippen molar-refractivity contribution in [3.05, 3.63) is 30.5 Å². The monoisotopic (exact) mass is 292 g/mol. The van der Waals surface area contributed by atoms with Gasteiger partial charge in [0.1, 0.15) is 5.75 Å². The number of unbranched alkanes of at least 4 members (excludes halogenated alkanes) is 2. The summed E-state index contributed by atoms with van der Waals surface area (Å²) in [6.45, 7) is 2.19. The molecule has 1 heterocycles.